The lowest BCUT2D eigenvalue weighted by molar-refractivity contribution is -0.290. The zero-order valence-corrected chi connectivity index (χ0v) is 26.6. The van der Waals surface area contributed by atoms with Gasteiger partial charge in [-0.25, -0.2) is 9.59 Å². The number of carbonyl (C=O) groups is 2. The van der Waals surface area contributed by atoms with Crippen molar-refractivity contribution in [3.63, 3.8) is 0 Å². The van der Waals surface area contributed by atoms with E-state index in [9.17, 15) is 14.7 Å². The molecule has 1 aliphatic rings. The minimum absolute atomic E-state index is 0.00359. The highest BCUT2D eigenvalue weighted by molar-refractivity contribution is 5.89. The van der Waals surface area contributed by atoms with Gasteiger partial charge in [0.2, 0.25) is 6.29 Å². The maximum absolute atomic E-state index is 13.9. The number of benzene rings is 5. The van der Waals surface area contributed by atoms with E-state index in [4.69, 9.17) is 28.4 Å². The number of esters is 2. The van der Waals surface area contributed by atoms with E-state index in [1.807, 2.05) is 91.0 Å². The van der Waals surface area contributed by atoms with Crippen molar-refractivity contribution in [3.05, 3.63) is 168 Å². The second kappa shape index (κ2) is 16.6. The summed E-state index contributed by atoms with van der Waals surface area (Å²) in [5.74, 6) is -1.02. The molecule has 0 amide bonds. The summed E-state index contributed by atoms with van der Waals surface area (Å²) in [5, 5.41) is 9.88. The molecule has 1 heterocycles. The highest BCUT2D eigenvalue weighted by Gasteiger charge is 2.54. The number of rotatable bonds is 13. The molecule has 1 fully saturated rings. The molecular formula is C40H36O9. The maximum atomic E-state index is 13.9. The summed E-state index contributed by atoms with van der Waals surface area (Å²) in [4.78, 5) is 27.5. The normalized spacial score (nSPS) is 20.2. The summed E-state index contributed by atoms with van der Waals surface area (Å²) in [6.45, 7) is 0.204. The van der Waals surface area contributed by atoms with E-state index in [-0.39, 0.29) is 25.6 Å². The van der Waals surface area contributed by atoms with E-state index in [0.717, 1.165) is 16.7 Å². The van der Waals surface area contributed by atoms with E-state index in [1.165, 1.54) is 24.3 Å². The Morgan fingerprint density at radius 1 is 0.571 bits per heavy atom. The van der Waals surface area contributed by atoms with Crippen molar-refractivity contribution in [2.75, 3.05) is 0 Å². The molecule has 5 aromatic carbocycles. The molecule has 5 aromatic rings. The molecule has 250 valence electrons. The number of carbonyl (C=O) groups excluding carboxylic acids is 2. The van der Waals surface area contributed by atoms with Crippen LogP contribution >= 0.6 is 0 Å². The Labute approximate surface area is 284 Å². The second-order valence-corrected chi connectivity index (χ2v) is 11.4. The number of aromatic hydroxyl groups is 1. The third-order valence-electron chi connectivity index (χ3n) is 7.86. The van der Waals surface area contributed by atoms with Gasteiger partial charge in [0.1, 0.15) is 30.3 Å². The molecule has 0 saturated carbocycles. The first-order chi connectivity index (χ1) is 24.0. The molecule has 0 aromatic heterocycles. The van der Waals surface area contributed by atoms with E-state index in [0.29, 0.717) is 11.3 Å². The van der Waals surface area contributed by atoms with Crippen LogP contribution in [0.15, 0.2) is 146 Å². The third-order valence-corrected chi connectivity index (χ3v) is 7.86. The molecule has 1 N–H and O–H groups in total. The molecule has 0 radical (unpaired) electrons. The Kier molecular flexibility index (Phi) is 11.3. The molecule has 49 heavy (non-hydrogen) atoms. The first-order valence-electron chi connectivity index (χ1n) is 15.9. The van der Waals surface area contributed by atoms with Crippen LogP contribution in [0.5, 0.6) is 11.5 Å². The predicted octanol–water partition coefficient (Wildman–Crippen LogP) is 6.64. The fourth-order valence-electron chi connectivity index (χ4n) is 5.36. The Balaban J connectivity index is 1.37. The lowest BCUT2D eigenvalue weighted by Gasteiger charge is -2.44. The molecule has 9 nitrogen and oxygen atoms in total. The van der Waals surface area contributed by atoms with Crippen LogP contribution in [0.3, 0.4) is 0 Å². The Morgan fingerprint density at radius 3 is 1.61 bits per heavy atom. The zero-order chi connectivity index (χ0) is 33.8. The molecule has 5 atom stereocenters. The monoisotopic (exact) mass is 660 g/mol. The molecule has 0 bridgehead atoms. The van der Waals surface area contributed by atoms with Crippen LogP contribution in [0.2, 0.25) is 0 Å². The Hall–Kier alpha value is -5.48. The van der Waals surface area contributed by atoms with Crippen molar-refractivity contribution >= 4 is 11.9 Å². The zero-order valence-electron chi connectivity index (χ0n) is 26.6. The van der Waals surface area contributed by atoms with Gasteiger partial charge in [-0.2, -0.15) is 0 Å². The highest BCUT2D eigenvalue weighted by Crippen LogP contribution is 2.33. The number of phenolic OH excluding ortho intramolecular Hbond substituents is 1. The first kappa shape index (κ1) is 33.4. The molecule has 0 aliphatic carbocycles. The molecular weight excluding hydrogens is 624 g/mol. The van der Waals surface area contributed by atoms with Gasteiger partial charge in [-0.05, 0) is 53.1 Å². The Morgan fingerprint density at radius 2 is 1.06 bits per heavy atom. The van der Waals surface area contributed by atoms with E-state index in [1.54, 1.807) is 30.3 Å². The molecule has 0 unspecified atom stereocenters. The van der Waals surface area contributed by atoms with E-state index >= 15 is 0 Å². The van der Waals surface area contributed by atoms with Crippen LogP contribution in [-0.4, -0.2) is 47.8 Å². The van der Waals surface area contributed by atoms with Gasteiger partial charge >= 0.3 is 11.9 Å². The maximum Gasteiger partial charge on any atom is 0.338 e. The van der Waals surface area contributed by atoms with Crippen molar-refractivity contribution in [2.24, 2.45) is 0 Å². The summed E-state index contributed by atoms with van der Waals surface area (Å²) in [5.41, 5.74) is 2.79. The number of phenols is 1. The lowest BCUT2D eigenvalue weighted by Crippen LogP contribution is -2.64. The quantitative estimate of drug-likeness (QED) is 0.139. The minimum atomic E-state index is -1.35. The van der Waals surface area contributed by atoms with Crippen LogP contribution in [-0.2, 0) is 48.3 Å². The molecule has 1 saturated heterocycles. The van der Waals surface area contributed by atoms with Crippen LogP contribution in [0.4, 0.5) is 0 Å². The summed E-state index contributed by atoms with van der Waals surface area (Å²) >= 11 is 0. The third kappa shape index (κ3) is 9.11. The van der Waals surface area contributed by atoms with Gasteiger partial charge in [-0.3, -0.25) is 0 Å². The highest BCUT2D eigenvalue weighted by atomic mass is 16.7. The fourth-order valence-corrected chi connectivity index (χ4v) is 5.36. The van der Waals surface area contributed by atoms with Crippen molar-refractivity contribution in [1.82, 2.24) is 0 Å². The van der Waals surface area contributed by atoms with Crippen molar-refractivity contribution in [1.29, 1.82) is 0 Å². The number of ether oxygens (including phenoxy) is 6. The molecule has 0 spiro atoms. The standard InChI is InChI=1S/C40H36O9/c41-32-21-23-33(24-22-32)47-40-37(48-38(42)31-19-11-4-12-20-31)35(45-26-29-15-7-2-8-16-29)34(44-25-28-13-5-1-6-14-28)36(49-40)39(43)46-27-30-17-9-3-10-18-30/h1-24,34-37,40-41H,25-27H2/t34-,35-,36-,37+,40+/m0/s1. The SMILES string of the molecule is O=C(O[C@H]1[C@H](Oc2ccc(O)cc2)O[C@H](C(=O)OCc2ccccc2)[C@@H](OCc2ccccc2)[C@@H]1OCc1ccccc1)c1ccccc1. The second-order valence-electron chi connectivity index (χ2n) is 11.4. The van der Waals surface area contributed by atoms with Crippen molar-refractivity contribution in [2.45, 2.75) is 50.5 Å². The van der Waals surface area contributed by atoms with E-state index < -0.39 is 42.6 Å². The average Bonchev–Trinajstić information content (AvgIpc) is 3.15. The van der Waals surface area contributed by atoms with Gasteiger partial charge in [0.15, 0.2) is 12.2 Å². The minimum Gasteiger partial charge on any atom is -0.508 e. The van der Waals surface area contributed by atoms with Crippen LogP contribution in [0, 0.1) is 0 Å². The predicted molar refractivity (Wildman–Crippen MR) is 179 cm³/mol. The van der Waals surface area contributed by atoms with Crippen LogP contribution in [0.1, 0.15) is 27.0 Å². The van der Waals surface area contributed by atoms with Crippen LogP contribution < -0.4 is 4.74 Å². The fraction of sp³-hybridized carbons (Fsp3) is 0.200. The summed E-state index contributed by atoms with van der Waals surface area (Å²) < 4.78 is 37.5. The van der Waals surface area contributed by atoms with Gasteiger partial charge < -0.3 is 33.5 Å². The molecule has 9 heteroatoms. The van der Waals surface area contributed by atoms with Crippen molar-refractivity contribution < 1.29 is 43.1 Å². The summed E-state index contributed by atoms with van der Waals surface area (Å²) in [6.07, 6.45) is -6.07. The van der Waals surface area contributed by atoms with E-state index in [2.05, 4.69) is 0 Å². The molecule has 1 aliphatic heterocycles. The van der Waals surface area contributed by atoms with Gasteiger partial charge in [-0.15, -0.1) is 0 Å². The first-order valence-corrected chi connectivity index (χ1v) is 15.9. The number of hydrogen-bond acceptors (Lipinski definition) is 9. The van der Waals surface area contributed by atoms with Crippen molar-refractivity contribution in [3.8, 4) is 11.5 Å². The number of hydrogen-bond donors (Lipinski definition) is 1. The largest absolute Gasteiger partial charge is 0.508 e. The Bertz CT molecular complexity index is 1750. The van der Waals surface area contributed by atoms with Crippen LogP contribution in [0.25, 0.3) is 0 Å². The topological polar surface area (TPSA) is 110 Å². The van der Waals surface area contributed by atoms with Gasteiger partial charge in [0.25, 0.3) is 0 Å². The summed E-state index contributed by atoms with van der Waals surface area (Å²) in [6, 6.07) is 42.7. The van der Waals surface area contributed by atoms with Gasteiger partial charge in [-0.1, -0.05) is 109 Å². The summed E-state index contributed by atoms with van der Waals surface area (Å²) in [7, 11) is 0. The molecule has 6 rings (SSSR count). The lowest BCUT2D eigenvalue weighted by atomic mass is 9.97. The van der Waals surface area contributed by atoms with Gasteiger partial charge in [0, 0.05) is 0 Å². The van der Waals surface area contributed by atoms with Gasteiger partial charge in [0.05, 0.1) is 18.8 Å². The smallest absolute Gasteiger partial charge is 0.338 e. The average molecular weight is 661 g/mol.